The zero-order valence-electron chi connectivity index (χ0n) is 16.3. The minimum Gasteiger partial charge on any atom is -0.510 e. The van der Waals surface area contributed by atoms with E-state index in [9.17, 15) is 23.1 Å². The lowest BCUT2D eigenvalue weighted by Gasteiger charge is -2.25. The summed E-state index contributed by atoms with van der Waals surface area (Å²) in [4.78, 5) is 11.7. The third-order valence-corrected chi connectivity index (χ3v) is 3.66. The van der Waals surface area contributed by atoms with Gasteiger partial charge in [-0.2, -0.15) is 0 Å². The van der Waals surface area contributed by atoms with Gasteiger partial charge in [-0.05, 0) is 12.1 Å². The van der Waals surface area contributed by atoms with Crippen LogP contribution in [0.1, 0.15) is 10.4 Å². The minimum absolute atomic E-state index is 0.00127. The Morgan fingerprint density at radius 3 is 2.13 bits per heavy atom. The molecule has 0 radical (unpaired) electrons. The van der Waals surface area contributed by atoms with E-state index in [1.165, 1.54) is 18.2 Å². The monoisotopic (exact) mass is 422 g/mol. The van der Waals surface area contributed by atoms with E-state index in [1.54, 1.807) is 23.5 Å². The van der Waals surface area contributed by atoms with Crippen molar-refractivity contribution in [2.24, 2.45) is 0 Å². The summed E-state index contributed by atoms with van der Waals surface area (Å²) in [6.07, 6.45) is -4.88. The van der Waals surface area contributed by atoms with Gasteiger partial charge in [-0.3, -0.25) is 0 Å². The Labute approximate surface area is 172 Å². The summed E-state index contributed by atoms with van der Waals surface area (Å²) in [5, 5.41) is 8.74. The van der Waals surface area contributed by atoms with Gasteiger partial charge in [0, 0.05) is 23.5 Å². The van der Waals surface area contributed by atoms with Gasteiger partial charge < -0.3 is 28.8 Å². The number of aromatic carboxylic acids is 1. The highest BCUT2D eigenvalue weighted by Crippen LogP contribution is 2.42. The molecule has 2 aromatic rings. The molecule has 0 saturated heterocycles. The van der Waals surface area contributed by atoms with Crippen LogP contribution in [0.25, 0.3) is 0 Å². The van der Waals surface area contributed by atoms with Crippen molar-refractivity contribution in [1.82, 2.24) is 0 Å². The van der Waals surface area contributed by atoms with Gasteiger partial charge in [0.2, 0.25) is 0 Å². The largest absolute Gasteiger partial charge is 0.573 e. The molecule has 2 aromatic carbocycles. The SMILES string of the molecule is BC(B)(B)Oc1cc(OC(F)(F)F)ccc1Oc1cc2c(cc1C(=O)O)OCCO2. The maximum atomic E-state index is 12.6. The van der Waals surface area contributed by atoms with E-state index in [0.29, 0.717) is 0 Å². The number of hydrogen-bond acceptors (Lipinski definition) is 6. The smallest absolute Gasteiger partial charge is 0.510 e. The zero-order valence-corrected chi connectivity index (χ0v) is 16.3. The molecular weight excluding hydrogens is 406 g/mol. The van der Waals surface area contributed by atoms with Crippen molar-refractivity contribution in [2.45, 2.75) is 11.7 Å². The number of carbonyl (C=O) groups is 1. The Morgan fingerprint density at radius 1 is 0.933 bits per heavy atom. The molecule has 0 aromatic heterocycles. The number of halogens is 3. The van der Waals surface area contributed by atoms with Crippen LogP contribution in [0, 0.1) is 0 Å². The molecule has 13 heteroatoms. The molecule has 1 heterocycles. The molecule has 0 fully saturated rings. The van der Waals surface area contributed by atoms with Crippen LogP contribution in [0.3, 0.4) is 0 Å². The van der Waals surface area contributed by atoms with E-state index in [-0.39, 0.29) is 47.5 Å². The highest BCUT2D eigenvalue weighted by atomic mass is 19.4. The number of hydrogen-bond donors (Lipinski definition) is 1. The number of fused-ring (bicyclic) bond motifs is 1. The van der Waals surface area contributed by atoms with Gasteiger partial charge in [0.15, 0.2) is 23.0 Å². The molecule has 156 valence electrons. The molecule has 0 aliphatic carbocycles. The Bertz CT molecular complexity index is 961. The summed E-state index contributed by atoms with van der Waals surface area (Å²) in [5.74, 6) is -1.39. The molecule has 3 rings (SSSR count). The van der Waals surface area contributed by atoms with Crippen molar-refractivity contribution < 1.29 is 46.8 Å². The van der Waals surface area contributed by atoms with Crippen LogP contribution in [-0.4, -0.2) is 59.5 Å². The minimum atomic E-state index is -4.88. The fourth-order valence-corrected chi connectivity index (χ4v) is 2.62. The summed E-state index contributed by atoms with van der Waals surface area (Å²) in [6.45, 7) is 0.553. The molecule has 1 aliphatic rings. The van der Waals surface area contributed by atoms with E-state index in [0.717, 1.165) is 12.1 Å². The molecule has 7 nitrogen and oxygen atoms in total. The van der Waals surface area contributed by atoms with Crippen molar-refractivity contribution in [1.29, 1.82) is 0 Å². The van der Waals surface area contributed by atoms with Crippen molar-refractivity contribution in [3.8, 4) is 34.5 Å². The maximum Gasteiger partial charge on any atom is 0.573 e. The van der Waals surface area contributed by atoms with Gasteiger partial charge in [0.25, 0.3) is 0 Å². The number of ether oxygens (including phenoxy) is 5. The summed E-state index contributed by atoms with van der Waals surface area (Å²) < 4.78 is 63.9. The number of alkyl halides is 3. The van der Waals surface area contributed by atoms with Crippen molar-refractivity contribution >= 4 is 29.5 Å². The summed E-state index contributed by atoms with van der Waals surface area (Å²) >= 11 is 0. The molecule has 0 saturated carbocycles. The summed E-state index contributed by atoms with van der Waals surface area (Å²) in [6, 6.07) is 5.87. The Balaban J connectivity index is 2.01. The molecule has 0 unspecified atom stereocenters. The maximum absolute atomic E-state index is 12.6. The Morgan fingerprint density at radius 2 is 1.57 bits per heavy atom. The van der Waals surface area contributed by atoms with Crippen LogP contribution >= 0.6 is 0 Å². The summed E-state index contributed by atoms with van der Waals surface area (Å²) in [5.41, 5.74) is -0.212. The molecule has 1 aliphatic heterocycles. The molecule has 1 N–H and O–H groups in total. The molecule has 0 bridgehead atoms. The average molecular weight is 422 g/mol. The number of rotatable bonds is 6. The normalized spacial score (nSPS) is 13.4. The van der Waals surface area contributed by atoms with E-state index in [1.807, 2.05) is 0 Å². The first-order chi connectivity index (χ1) is 13.9. The van der Waals surface area contributed by atoms with Gasteiger partial charge in [-0.15, -0.1) is 13.2 Å². The first-order valence-electron chi connectivity index (χ1n) is 8.85. The average Bonchev–Trinajstić information content (AvgIpc) is 2.60. The van der Waals surface area contributed by atoms with Crippen LogP contribution in [0.15, 0.2) is 30.3 Å². The highest BCUT2D eigenvalue weighted by Gasteiger charge is 2.32. The molecule has 0 atom stereocenters. The van der Waals surface area contributed by atoms with Crippen LogP contribution in [0.2, 0.25) is 0 Å². The van der Waals surface area contributed by atoms with Gasteiger partial charge in [0.05, 0.1) is 0 Å². The topological polar surface area (TPSA) is 83.5 Å². The predicted octanol–water partition coefficient (Wildman–Crippen LogP) is 0.736. The van der Waals surface area contributed by atoms with Gasteiger partial charge in [0.1, 0.15) is 53.8 Å². The third kappa shape index (κ3) is 5.49. The lowest BCUT2D eigenvalue weighted by atomic mass is 9.52. The van der Waals surface area contributed by atoms with E-state index < -0.39 is 23.4 Å². The second-order valence-electron chi connectivity index (χ2n) is 7.27. The van der Waals surface area contributed by atoms with Crippen LogP contribution < -0.4 is 23.7 Å². The standard InChI is InChI=1S/C17H16B3F3O7/c18-16(19,20)30-14-5-8(29-17(21,22)23)1-2-10(14)28-11-7-13-12(26-3-4-27-13)6-9(11)15(24)25/h1-2,5-7H,3-4,18-20H2,(H,24,25). The van der Waals surface area contributed by atoms with E-state index in [2.05, 4.69) is 4.74 Å². The third-order valence-electron chi connectivity index (χ3n) is 3.66. The first kappa shape index (κ1) is 21.6. The van der Waals surface area contributed by atoms with Crippen molar-refractivity contribution in [3.63, 3.8) is 0 Å². The predicted molar refractivity (Wildman–Crippen MR) is 107 cm³/mol. The van der Waals surface area contributed by atoms with Crippen molar-refractivity contribution in [3.05, 3.63) is 35.9 Å². The molecule has 30 heavy (non-hydrogen) atoms. The fourth-order valence-electron chi connectivity index (χ4n) is 2.62. The van der Waals surface area contributed by atoms with E-state index >= 15 is 0 Å². The second-order valence-corrected chi connectivity index (χ2v) is 7.27. The second kappa shape index (κ2) is 7.96. The molecule has 0 amide bonds. The van der Waals surface area contributed by atoms with Gasteiger partial charge in [-0.1, -0.05) is 0 Å². The highest BCUT2D eigenvalue weighted by molar-refractivity contribution is 6.58. The molecule has 0 spiro atoms. The fraction of sp³-hybridized carbons (Fsp3) is 0.235. The lowest BCUT2D eigenvalue weighted by Crippen LogP contribution is -2.37. The quantitative estimate of drug-likeness (QED) is 0.689. The molecular formula is C17H16B3F3O7. The number of carboxylic acids is 1. The van der Waals surface area contributed by atoms with Crippen LogP contribution in [0.4, 0.5) is 13.2 Å². The number of benzene rings is 2. The van der Waals surface area contributed by atoms with Gasteiger partial charge in [-0.25, -0.2) is 4.79 Å². The Kier molecular flexibility index (Phi) is 5.73. The Hall–Kier alpha value is -3.11. The van der Waals surface area contributed by atoms with Crippen LogP contribution in [0.5, 0.6) is 34.5 Å². The van der Waals surface area contributed by atoms with Gasteiger partial charge >= 0.3 is 12.3 Å². The zero-order chi connectivity index (χ0) is 22.1. The number of carboxylic acid groups (broad SMARTS) is 1. The first-order valence-corrected chi connectivity index (χ1v) is 8.85. The van der Waals surface area contributed by atoms with Crippen LogP contribution in [-0.2, 0) is 0 Å². The lowest BCUT2D eigenvalue weighted by molar-refractivity contribution is -0.274. The summed E-state index contributed by atoms with van der Waals surface area (Å²) in [7, 11) is 5.09. The van der Waals surface area contributed by atoms with Crippen molar-refractivity contribution in [2.75, 3.05) is 13.2 Å². The van der Waals surface area contributed by atoms with E-state index in [4.69, 9.17) is 18.9 Å².